The fraction of sp³-hybridized carbons (Fsp3) is 0.379. The van der Waals surface area contributed by atoms with E-state index < -0.39 is 5.54 Å². The minimum absolute atomic E-state index is 0.00302. The highest BCUT2D eigenvalue weighted by Crippen LogP contribution is 2.32. The third-order valence-corrected chi connectivity index (χ3v) is 7.86. The van der Waals surface area contributed by atoms with Crippen LogP contribution < -0.4 is 5.32 Å². The highest BCUT2D eigenvalue weighted by atomic mass is 35.5. The van der Waals surface area contributed by atoms with Gasteiger partial charge < -0.3 is 19.9 Å². The Morgan fingerprint density at radius 3 is 2.66 bits per heavy atom. The fourth-order valence-electron chi connectivity index (χ4n) is 4.92. The number of halogens is 1. The Bertz CT molecular complexity index is 1340. The number of fused-ring (bicyclic) bond motifs is 1. The molecule has 0 radical (unpaired) electrons. The second-order valence-corrected chi connectivity index (χ2v) is 10.7. The smallest absolute Gasteiger partial charge is 0.254 e. The highest BCUT2D eigenvalue weighted by Gasteiger charge is 2.34. The number of rotatable bonds is 7. The van der Waals surface area contributed by atoms with E-state index >= 15 is 0 Å². The molecular weight excluding hydrogens is 502 g/mol. The van der Waals surface area contributed by atoms with E-state index in [9.17, 15) is 9.59 Å². The number of hydrogen-bond acceptors (Lipinski definition) is 6. The van der Waals surface area contributed by atoms with Gasteiger partial charge in [-0.3, -0.25) is 9.59 Å². The normalized spacial score (nSPS) is 15.9. The first kappa shape index (κ1) is 26.1. The number of nitrogens with one attached hydrogen (secondary N) is 1. The standard InChI is InChI=1S/C29H32ClN5O3/c1-29(2,21-7-5-4-6-8-21)34(3)25(36)18-35-17-20-10-9-19(15-23(20)27(35)37)26-24(30)16-31-28(33-26)32-22-11-13-38-14-12-22/h4-10,15-16,22H,11-14,17-18H2,1-3H3,(H,31,32,33). The molecule has 38 heavy (non-hydrogen) atoms. The Kier molecular flexibility index (Phi) is 7.36. The van der Waals surface area contributed by atoms with Crippen molar-refractivity contribution in [1.82, 2.24) is 19.8 Å². The summed E-state index contributed by atoms with van der Waals surface area (Å²) in [5.74, 6) is 0.203. The molecule has 198 valence electrons. The van der Waals surface area contributed by atoms with Gasteiger partial charge in [-0.15, -0.1) is 0 Å². The van der Waals surface area contributed by atoms with Gasteiger partial charge in [0.25, 0.3) is 5.91 Å². The molecule has 1 saturated heterocycles. The summed E-state index contributed by atoms with van der Waals surface area (Å²) >= 11 is 6.47. The highest BCUT2D eigenvalue weighted by molar-refractivity contribution is 6.33. The lowest BCUT2D eigenvalue weighted by molar-refractivity contribution is -0.135. The molecule has 9 heteroatoms. The van der Waals surface area contributed by atoms with Gasteiger partial charge in [-0.05, 0) is 43.9 Å². The molecule has 5 rings (SSSR count). The van der Waals surface area contributed by atoms with Crippen molar-refractivity contribution in [2.75, 3.05) is 32.1 Å². The zero-order chi connectivity index (χ0) is 26.9. The largest absolute Gasteiger partial charge is 0.381 e. The van der Waals surface area contributed by atoms with Gasteiger partial charge in [0.05, 0.1) is 22.5 Å². The molecule has 0 bridgehead atoms. The minimum atomic E-state index is -0.513. The van der Waals surface area contributed by atoms with E-state index in [2.05, 4.69) is 15.3 Å². The maximum absolute atomic E-state index is 13.3. The number of benzene rings is 2. The van der Waals surface area contributed by atoms with Crippen molar-refractivity contribution in [3.8, 4) is 11.3 Å². The quantitative estimate of drug-likeness (QED) is 0.472. The minimum Gasteiger partial charge on any atom is -0.381 e. The van der Waals surface area contributed by atoms with Crippen molar-refractivity contribution < 1.29 is 14.3 Å². The predicted molar refractivity (Wildman–Crippen MR) is 147 cm³/mol. The topological polar surface area (TPSA) is 87.7 Å². The third-order valence-electron chi connectivity index (χ3n) is 7.58. The Morgan fingerprint density at radius 2 is 1.92 bits per heavy atom. The van der Waals surface area contributed by atoms with Crippen LogP contribution in [0.15, 0.2) is 54.7 Å². The molecule has 0 saturated carbocycles. The lowest BCUT2D eigenvalue weighted by Crippen LogP contribution is -2.47. The molecule has 0 aliphatic carbocycles. The van der Waals surface area contributed by atoms with Gasteiger partial charge in [-0.1, -0.05) is 54.1 Å². The van der Waals surface area contributed by atoms with E-state index in [-0.39, 0.29) is 24.4 Å². The van der Waals surface area contributed by atoms with Crippen LogP contribution in [0.3, 0.4) is 0 Å². The first-order valence-corrected chi connectivity index (χ1v) is 13.2. The van der Waals surface area contributed by atoms with Crippen molar-refractivity contribution >= 4 is 29.4 Å². The van der Waals surface area contributed by atoms with E-state index in [0.717, 1.165) is 29.5 Å². The molecule has 3 aromatic rings. The van der Waals surface area contributed by atoms with E-state index in [4.69, 9.17) is 16.3 Å². The number of nitrogens with zero attached hydrogens (tertiary/aromatic N) is 4. The second-order valence-electron chi connectivity index (χ2n) is 10.3. The number of amides is 2. The van der Waals surface area contributed by atoms with E-state index in [1.807, 2.05) is 62.4 Å². The number of carbonyl (C=O) groups is 2. The Labute approximate surface area is 228 Å². The van der Waals surface area contributed by atoms with Gasteiger partial charge in [0.2, 0.25) is 11.9 Å². The summed E-state index contributed by atoms with van der Waals surface area (Å²) in [6.07, 6.45) is 3.36. The molecule has 2 aliphatic rings. The van der Waals surface area contributed by atoms with Crippen LogP contribution >= 0.6 is 11.6 Å². The number of anilines is 1. The molecular formula is C29H32ClN5O3. The van der Waals surface area contributed by atoms with Crippen molar-refractivity contribution in [3.05, 3.63) is 76.4 Å². The molecule has 0 spiro atoms. The van der Waals surface area contributed by atoms with E-state index in [1.165, 1.54) is 0 Å². The van der Waals surface area contributed by atoms with Crippen LogP contribution in [0.2, 0.25) is 5.02 Å². The van der Waals surface area contributed by atoms with E-state index in [0.29, 0.717) is 42.0 Å². The molecule has 8 nitrogen and oxygen atoms in total. The van der Waals surface area contributed by atoms with Crippen molar-refractivity contribution in [2.45, 2.75) is 44.8 Å². The Hall–Kier alpha value is -3.49. The van der Waals surface area contributed by atoms with Gasteiger partial charge >= 0.3 is 0 Å². The number of hydrogen-bond donors (Lipinski definition) is 1. The maximum atomic E-state index is 13.3. The van der Waals surface area contributed by atoms with Crippen LogP contribution in [-0.4, -0.2) is 64.4 Å². The first-order valence-electron chi connectivity index (χ1n) is 12.9. The zero-order valence-corrected chi connectivity index (χ0v) is 22.7. The van der Waals surface area contributed by atoms with Crippen LogP contribution in [0, 0.1) is 0 Å². The monoisotopic (exact) mass is 533 g/mol. The number of likely N-dealkylation sites (N-methyl/N-ethyl adjacent to an activating group) is 1. The lowest BCUT2D eigenvalue weighted by atomic mass is 9.92. The second kappa shape index (κ2) is 10.7. The summed E-state index contributed by atoms with van der Waals surface area (Å²) in [5, 5.41) is 3.77. The van der Waals surface area contributed by atoms with Crippen LogP contribution in [0.4, 0.5) is 5.95 Å². The Morgan fingerprint density at radius 1 is 1.18 bits per heavy atom. The summed E-state index contributed by atoms with van der Waals surface area (Å²) < 4.78 is 5.42. The molecule has 2 aromatic carbocycles. The van der Waals surface area contributed by atoms with Crippen molar-refractivity contribution in [1.29, 1.82) is 0 Å². The summed E-state index contributed by atoms with van der Waals surface area (Å²) in [5.41, 5.74) is 3.25. The third kappa shape index (κ3) is 5.24. The van der Waals surface area contributed by atoms with Gasteiger partial charge in [0.1, 0.15) is 6.54 Å². The molecule has 0 atom stereocenters. The molecule has 3 heterocycles. The summed E-state index contributed by atoms with van der Waals surface area (Å²) in [6, 6.07) is 15.8. The van der Waals surface area contributed by atoms with Gasteiger partial charge in [-0.2, -0.15) is 0 Å². The van der Waals surface area contributed by atoms with Crippen LogP contribution in [0.5, 0.6) is 0 Å². The number of ether oxygens (including phenoxy) is 1. The number of carbonyl (C=O) groups excluding carboxylic acids is 2. The molecule has 0 unspecified atom stereocenters. The summed E-state index contributed by atoms with van der Waals surface area (Å²) in [4.78, 5) is 38.9. The first-order chi connectivity index (χ1) is 18.2. The van der Waals surface area contributed by atoms with Crippen molar-refractivity contribution in [2.24, 2.45) is 0 Å². The van der Waals surface area contributed by atoms with E-state index in [1.54, 1.807) is 23.0 Å². The maximum Gasteiger partial charge on any atom is 0.254 e. The Balaban J connectivity index is 1.31. The fourth-order valence-corrected chi connectivity index (χ4v) is 5.12. The van der Waals surface area contributed by atoms with Gasteiger partial charge in [-0.25, -0.2) is 9.97 Å². The average molecular weight is 534 g/mol. The zero-order valence-electron chi connectivity index (χ0n) is 21.9. The molecule has 1 fully saturated rings. The van der Waals surface area contributed by atoms with Gasteiger partial charge in [0, 0.05) is 44.0 Å². The average Bonchev–Trinajstić information content (AvgIpc) is 3.24. The predicted octanol–water partition coefficient (Wildman–Crippen LogP) is 4.74. The van der Waals surface area contributed by atoms with Crippen LogP contribution in [-0.2, 0) is 21.6 Å². The molecule has 1 N–H and O–H groups in total. The SMILES string of the molecule is CN(C(=O)CN1Cc2ccc(-c3nc(NC4CCOCC4)ncc3Cl)cc2C1=O)C(C)(C)c1ccccc1. The van der Waals surface area contributed by atoms with Crippen molar-refractivity contribution in [3.63, 3.8) is 0 Å². The van der Waals surface area contributed by atoms with Gasteiger partial charge in [0.15, 0.2) is 0 Å². The molecule has 1 aromatic heterocycles. The summed E-state index contributed by atoms with van der Waals surface area (Å²) in [7, 11) is 1.78. The lowest BCUT2D eigenvalue weighted by Gasteiger charge is -2.37. The summed E-state index contributed by atoms with van der Waals surface area (Å²) in [6.45, 7) is 5.82. The number of aromatic nitrogens is 2. The van der Waals surface area contributed by atoms with Crippen LogP contribution in [0.25, 0.3) is 11.3 Å². The molecule has 2 amide bonds. The van der Waals surface area contributed by atoms with Crippen LogP contribution in [0.1, 0.15) is 48.2 Å². The molecule has 2 aliphatic heterocycles.